The Morgan fingerprint density at radius 3 is 1.25 bits per heavy atom. The van der Waals surface area contributed by atoms with Crippen molar-refractivity contribution in [2.75, 3.05) is 9.80 Å². The van der Waals surface area contributed by atoms with Gasteiger partial charge in [0.2, 0.25) is 0 Å². The van der Waals surface area contributed by atoms with Crippen LogP contribution in [-0.4, -0.2) is 0 Å². The molecule has 0 aliphatic rings. The number of hydrogen-bond donors (Lipinski definition) is 0. The molecule has 0 fully saturated rings. The first kappa shape index (κ1) is 31.9. The number of rotatable bonds is 10. The Balaban J connectivity index is 1.16. The van der Waals surface area contributed by atoms with Gasteiger partial charge in [0.15, 0.2) is 0 Å². The monoisotopic (exact) mass is 656 g/mol. The Morgan fingerprint density at radius 2 is 0.824 bits per heavy atom. The number of aryl methyl sites for hydroxylation is 1. The van der Waals surface area contributed by atoms with Crippen LogP contribution in [0.3, 0.4) is 0 Å². The van der Waals surface area contributed by atoms with E-state index in [0.29, 0.717) is 0 Å². The van der Waals surface area contributed by atoms with E-state index in [0.717, 1.165) is 46.8 Å². The van der Waals surface area contributed by atoms with Crippen molar-refractivity contribution in [1.82, 2.24) is 0 Å². The number of nitrogens with zero attached hydrogens (tertiary/aromatic N) is 2. The van der Waals surface area contributed by atoms with E-state index in [4.69, 9.17) is 0 Å². The Hall–Kier alpha value is -6.38. The second-order valence-electron chi connectivity index (χ2n) is 13.0. The molecule has 2 nitrogen and oxygen atoms in total. The minimum absolute atomic E-state index is 1.09. The molecule has 0 spiro atoms. The minimum Gasteiger partial charge on any atom is -0.310 e. The van der Waals surface area contributed by atoms with E-state index in [-0.39, 0.29) is 0 Å². The van der Waals surface area contributed by atoms with E-state index >= 15 is 0 Å². The third kappa shape index (κ3) is 6.40. The smallest absolute Gasteiger partial charge is 0.0540 e. The molecule has 0 radical (unpaired) electrons. The van der Waals surface area contributed by atoms with Gasteiger partial charge in [0.05, 0.1) is 11.4 Å². The summed E-state index contributed by atoms with van der Waals surface area (Å²) in [6.45, 7) is 6.18. The lowest BCUT2D eigenvalue weighted by Gasteiger charge is -2.27. The van der Waals surface area contributed by atoms with Gasteiger partial charge in [0.1, 0.15) is 0 Å². The molecule has 0 aromatic heterocycles. The van der Waals surface area contributed by atoms with Crippen molar-refractivity contribution in [3.63, 3.8) is 0 Å². The van der Waals surface area contributed by atoms with E-state index < -0.39 is 0 Å². The van der Waals surface area contributed by atoms with Crippen LogP contribution in [0.15, 0.2) is 189 Å². The van der Waals surface area contributed by atoms with Gasteiger partial charge in [-0.25, -0.2) is 0 Å². The van der Waals surface area contributed by atoms with Crippen molar-refractivity contribution in [3.8, 4) is 11.1 Å². The minimum atomic E-state index is 1.09. The maximum Gasteiger partial charge on any atom is 0.0540 e. The standard InChI is InChI=1S/C49H40N2/c1-3-11-37-22-30-43(31-23-37)51(49-19-10-15-41-13-6-8-17-47(41)49)45-34-26-39(27-35-45)38-24-32-44(33-25-38)50(42-28-20-36(4-2)21-29-42)48-18-9-14-40-12-5-7-16-46(40)48/h4-10,12-35H,2-3,11H2,1H3. The van der Waals surface area contributed by atoms with E-state index in [1.54, 1.807) is 0 Å². The summed E-state index contributed by atoms with van der Waals surface area (Å²) in [6.07, 6.45) is 4.11. The normalized spacial score (nSPS) is 11.1. The molecule has 0 unspecified atom stereocenters. The molecule has 0 aliphatic carbocycles. The summed E-state index contributed by atoms with van der Waals surface area (Å²) in [4.78, 5) is 4.72. The largest absolute Gasteiger partial charge is 0.310 e. The number of benzene rings is 8. The van der Waals surface area contributed by atoms with Gasteiger partial charge in [0.25, 0.3) is 0 Å². The van der Waals surface area contributed by atoms with Crippen molar-refractivity contribution < 1.29 is 0 Å². The topological polar surface area (TPSA) is 6.48 Å². The van der Waals surface area contributed by atoms with Crippen LogP contribution in [0.5, 0.6) is 0 Å². The summed E-state index contributed by atoms with van der Waals surface area (Å²) in [5.74, 6) is 0. The van der Waals surface area contributed by atoms with Crippen molar-refractivity contribution in [2.45, 2.75) is 19.8 Å². The SMILES string of the molecule is C=Cc1ccc(N(c2ccc(-c3ccc(N(c4ccc(CCC)cc4)c4cccc5ccccc45)cc3)cc2)c2cccc3ccccc23)cc1. The van der Waals surface area contributed by atoms with Crippen LogP contribution in [0.1, 0.15) is 24.5 Å². The van der Waals surface area contributed by atoms with Gasteiger partial charge in [-0.1, -0.05) is 147 Å². The molecule has 8 rings (SSSR count). The lowest BCUT2D eigenvalue weighted by molar-refractivity contribution is 0.922. The summed E-state index contributed by atoms with van der Waals surface area (Å²) in [7, 11) is 0. The second-order valence-corrected chi connectivity index (χ2v) is 13.0. The highest BCUT2D eigenvalue weighted by atomic mass is 15.1. The van der Waals surface area contributed by atoms with E-state index in [2.05, 4.69) is 205 Å². The Kier molecular flexibility index (Phi) is 8.89. The van der Waals surface area contributed by atoms with E-state index in [9.17, 15) is 0 Å². The van der Waals surface area contributed by atoms with Crippen LogP contribution in [0.25, 0.3) is 38.7 Å². The van der Waals surface area contributed by atoms with Crippen molar-refractivity contribution in [2.24, 2.45) is 0 Å². The van der Waals surface area contributed by atoms with Crippen LogP contribution in [0, 0.1) is 0 Å². The molecule has 0 atom stereocenters. The number of fused-ring (bicyclic) bond motifs is 2. The highest BCUT2D eigenvalue weighted by molar-refractivity contribution is 6.00. The highest BCUT2D eigenvalue weighted by Gasteiger charge is 2.17. The predicted octanol–water partition coefficient (Wildman–Crippen LogP) is 14.2. The quantitative estimate of drug-likeness (QED) is 0.145. The second kappa shape index (κ2) is 14.2. The third-order valence-electron chi connectivity index (χ3n) is 9.72. The summed E-state index contributed by atoms with van der Waals surface area (Å²) < 4.78 is 0. The predicted molar refractivity (Wildman–Crippen MR) is 220 cm³/mol. The van der Waals surface area contributed by atoms with Gasteiger partial charge in [-0.2, -0.15) is 0 Å². The molecule has 8 aromatic rings. The molecular formula is C49H40N2. The molecule has 8 aromatic carbocycles. The third-order valence-corrected chi connectivity index (χ3v) is 9.72. The first-order valence-electron chi connectivity index (χ1n) is 17.8. The van der Waals surface area contributed by atoms with Gasteiger partial charge in [-0.05, 0) is 100 Å². The number of hydrogen-bond acceptors (Lipinski definition) is 2. The van der Waals surface area contributed by atoms with Crippen LogP contribution in [0.2, 0.25) is 0 Å². The zero-order chi connectivity index (χ0) is 34.6. The molecule has 0 heterocycles. The summed E-state index contributed by atoms with van der Waals surface area (Å²) >= 11 is 0. The van der Waals surface area contributed by atoms with Gasteiger partial charge in [-0.3, -0.25) is 0 Å². The Morgan fingerprint density at radius 1 is 0.431 bits per heavy atom. The van der Waals surface area contributed by atoms with Crippen LogP contribution in [0.4, 0.5) is 34.1 Å². The zero-order valence-electron chi connectivity index (χ0n) is 28.9. The summed E-state index contributed by atoms with van der Waals surface area (Å²) in [5.41, 5.74) is 11.6. The molecule has 0 amide bonds. The molecule has 0 aliphatic heterocycles. The van der Waals surface area contributed by atoms with E-state index in [1.807, 2.05) is 6.08 Å². The first-order valence-corrected chi connectivity index (χ1v) is 17.8. The zero-order valence-corrected chi connectivity index (χ0v) is 28.9. The highest BCUT2D eigenvalue weighted by Crippen LogP contribution is 2.41. The fraction of sp³-hybridized carbons (Fsp3) is 0.0612. The van der Waals surface area contributed by atoms with Gasteiger partial charge >= 0.3 is 0 Å². The van der Waals surface area contributed by atoms with Crippen LogP contribution < -0.4 is 9.80 Å². The lowest BCUT2D eigenvalue weighted by Crippen LogP contribution is -2.10. The van der Waals surface area contributed by atoms with Crippen molar-refractivity contribution in [1.29, 1.82) is 0 Å². The average molecular weight is 657 g/mol. The maximum absolute atomic E-state index is 3.95. The number of anilines is 6. The average Bonchev–Trinajstić information content (AvgIpc) is 3.20. The van der Waals surface area contributed by atoms with Crippen LogP contribution >= 0.6 is 0 Å². The van der Waals surface area contributed by atoms with Crippen LogP contribution in [-0.2, 0) is 6.42 Å². The van der Waals surface area contributed by atoms with E-state index in [1.165, 1.54) is 43.9 Å². The summed E-state index contributed by atoms with van der Waals surface area (Å²) in [6, 6.07) is 65.8. The molecule has 2 heteroatoms. The first-order chi connectivity index (χ1) is 25.2. The fourth-order valence-electron chi connectivity index (χ4n) is 7.13. The fourth-order valence-corrected chi connectivity index (χ4v) is 7.13. The van der Waals surface area contributed by atoms with Gasteiger partial charge in [0, 0.05) is 33.5 Å². The molecular weight excluding hydrogens is 617 g/mol. The molecule has 0 saturated heterocycles. The van der Waals surface area contributed by atoms with Crippen molar-refractivity contribution in [3.05, 3.63) is 200 Å². The Labute approximate surface area is 301 Å². The molecule has 0 bridgehead atoms. The molecule has 0 saturated carbocycles. The lowest BCUT2D eigenvalue weighted by atomic mass is 10.0. The Bertz CT molecular complexity index is 2410. The molecule has 246 valence electrons. The molecule has 51 heavy (non-hydrogen) atoms. The van der Waals surface area contributed by atoms with Crippen molar-refractivity contribution >= 4 is 61.7 Å². The maximum atomic E-state index is 3.95. The molecule has 0 N–H and O–H groups in total. The van der Waals surface area contributed by atoms with Gasteiger partial charge < -0.3 is 9.80 Å². The summed E-state index contributed by atoms with van der Waals surface area (Å²) in [5, 5.41) is 4.89. The van der Waals surface area contributed by atoms with Gasteiger partial charge in [-0.15, -0.1) is 0 Å².